The van der Waals surface area contributed by atoms with Crippen molar-refractivity contribution in [2.45, 2.75) is 13.1 Å². The molecule has 18 heavy (non-hydrogen) atoms. The number of hydrogen-bond donors (Lipinski definition) is 1. The summed E-state index contributed by atoms with van der Waals surface area (Å²) >= 11 is 0. The molecule has 1 N–H and O–H groups in total. The van der Waals surface area contributed by atoms with Crippen molar-refractivity contribution in [2.75, 3.05) is 0 Å². The maximum absolute atomic E-state index is 10.8. The van der Waals surface area contributed by atoms with Crippen LogP contribution < -0.4 is 5.32 Å². The summed E-state index contributed by atoms with van der Waals surface area (Å²) in [6.07, 6.45) is 3.14. The van der Waals surface area contributed by atoms with E-state index in [2.05, 4.69) is 15.3 Å². The maximum Gasteiger partial charge on any atom is 0.273 e. The molecule has 2 aromatic rings. The highest BCUT2D eigenvalue weighted by molar-refractivity contribution is 5.39. The second-order valence-corrected chi connectivity index (χ2v) is 3.69. The van der Waals surface area contributed by atoms with Crippen LogP contribution in [0.1, 0.15) is 11.3 Å². The molecular formula is C12H12N4O2. The van der Waals surface area contributed by atoms with E-state index in [-0.39, 0.29) is 10.6 Å². The van der Waals surface area contributed by atoms with Crippen molar-refractivity contribution in [2.24, 2.45) is 0 Å². The summed E-state index contributed by atoms with van der Waals surface area (Å²) in [5.74, 6) is 0. The largest absolute Gasteiger partial charge is 0.307 e. The lowest BCUT2D eigenvalue weighted by atomic mass is 10.2. The summed E-state index contributed by atoms with van der Waals surface area (Å²) in [6, 6.07) is 8.49. The molecule has 0 aliphatic rings. The Bertz CT molecular complexity index is 531. The van der Waals surface area contributed by atoms with Gasteiger partial charge in [-0.2, -0.15) is 0 Å². The van der Waals surface area contributed by atoms with Crippen molar-refractivity contribution in [1.82, 2.24) is 15.3 Å². The van der Waals surface area contributed by atoms with Crippen LogP contribution in [0.15, 0.2) is 42.9 Å². The predicted octanol–water partition coefficient (Wildman–Crippen LogP) is 1.67. The average Bonchev–Trinajstić information content (AvgIpc) is 2.40. The third kappa shape index (κ3) is 3.08. The molecule has 0 fully saturated rings. The van der Waals surface area contributed by atoms with Crippen molar-refractivity contribution in [3.05, 3.63) is 64.2 Å². The van der Waals surface area contributed by atoms with Crippen LogP contribution in [0.25, 0.3) is 0 Å². The van der Waals surface area contributed by atoms with Gasteiger partial charge in [-0.3, -0.25) is 10.1 Å². The predicted molar refractivity (Wildman–Crippen MR) is 65.7 cm³/mol. The summed E-state index contributed by atoms with van der Waals surface area (Å²) in [4.78, 5) is 18.3. The van der Waals surface area contributed by atoms with Gasteiger partial charge in [0.2, 0.25) is 0 Å². The van der Waals surface area contributed by atoms with Crippen LogP contribution >= 0.6 is 0 Å². The van der Waals surface area contributed by atoms with Crippen LogP contribution in [0, 0.1) is 10.1 Å². The molecular weight excluding hydrogens is 232 g/mol. The van der Waals surface area contributed by atoms with Gasteiger partial charge >= 0.3 is 0 Å². The first-order chi connectivity index (χ1) is 8.77. The summed E-state index contributed by atoms with van der Waals surface area (Å²) in [7, 11) is 0. The van der Waals surface area contributed by atoms with Gasteiger partial charge in [0.15, 0.2) is 0 Å². The third-order valence-corrected chi connectivity index (χ3v) is 2.45. The van der Waals surface area contributed by atoms with Gasteiger partial charge in [-0.25, -0.2) is 9.97 Å². The minimum absolute atomic E-state index is 0.132. The summed E-state index contributed by atoms with van der Waals surface area (Å²) in [5.41, 5.74) is 1.65. The highest BCUT2D eigenvalue weighted by Crippen LogP contribution is 2.17. The molecule has 0 bridgehead atoms. The topological polar surface area (TPSA) is 81.0 Å². The Morgan fingerprint density at radius 3 is 2.78 bits per heavy atom. The van der Waals surface area contributed by atoms with E-state index in [0.717, 1.165) is 5.69 Å². The Labute approximate surface area is 104 Å². The minimum Gasteiger partial charge on any atom is -0.307 e. The Balaban J connectivity index is 1.97. The smallest absolute Gasteiger partial charge is 0.273 e. The van der Waals surface area contributed by atoms with Gasteiger partial charge in [0.05, 0.1) is 10.6 Å². The number of nitrogens with one attached hydrogen (secondary N) is 1. The molecule has 0 aliphatic carbocycles. The third-order valence-electron chi connectivity index (χ3n) is 2.45. The molecule has 0 saturated carbocycles. The van der Waals surface area contributed by atoms with Crippen LogP contribution in [0.5, 0.6) is 0 Å². The van der Waals surface area contributed by atoms with E-state index in [0.29, 0.717) is 18.7 Å². The number of rotatable bonds is 5. The second kappa shape index (κ2) is 5.83. The molecule has 2 rings (SSSR count). The Morgan fingerprint density at radius 1 is 1.22 bits per heavy atom. The van der Waals surface area contributed by atoms with Crippen molar-refractivity contribution in [3.8, 4) is 0 Å². The summed E-state index contributed by atoms with van der Waals surface area (Å²) in [6.45, 7) is 0.982. The fourth-order valence-corrected chi connectivity index (χ4v) is 1.59. The lowest BCUT2D eigenvalue weighted by Gasteiger charge is -2.04. The van der Waals surface area contributed by atoms with Crippen molar-refractivity contribution in [1.29, 1.82) is 0 Å². The maximum atomic E-state index is 10.8. The molecule has 0 spiro atoms. The molecule has 1 heterocycles. The number of nitro benzene ring substituents is 1. The highest BCUT2D eigenvalue weighted by atomic mass is 16.6. The van der Waals surface area contributed by atoms with E-state index >= 15 is 0 Å². The fourth-order valence-electron chi connectivity index (χ4n) is 1.59. The summed E-state index contributed by atoms with van der Waals surface area (Å²) < 4.78 is 0. The number of hydrogen-bond acceptors (Lipinski definition) is 5. The zero-order valence-corrected chi connectivity index (χ0v) is 9.61. The van der Waals surface area contributed by atoms with E-state index in [1.807, 2.05) is 0 Å². The van der Waals surface area contributed by atoms with Crippen LogP contribution in [-0.2, 0) is 13.1 Å². The first kappa shape index (κ1) is 12.1. The highest BCUT2D eigenvalue weighted by Gasteiger charge is 2.11. The molecule has 6 nitrogen and oxygen atoms in total. The lowest BCUT2D eigenvalue weighted by molar-refractivity contribution is -0.385. The molecule has 0 aliphatic heterocycles. The number of nitrogens with zero attached hydrogens (tertiary/aromatic N) is 3. The number of para-hydroxylation sites is 1. The minimum atomic E-state index is -0.373. The normalized spacial score (nSPS) is 10.2. The van der Waals surface area contributed by atoms with Crippen LogP contribution in [0.2, 0.25) is 0 Å². The van der Waals surface area contributed by atoms with Gasteiger partial charge in [-0.05, 0) is 6.07 Å². The molecule has 0 saturated heterocycles. The lowest BCUT2D eigenvalue weighted by Crippen LogP contribution is -2.14. The molecule has 1 aromatic carbocycles. The van der Waals surface area contributed by atoms with Gasteiger partial charge < -0.3 is 5.32 Å². The molecule has 0 amide bonds. The monoisotopic (exact) mass is 244 g/mol. The quantitative estimate of drug-likeness (QED) is 0.639. The van der Waals surface area contributed by atoms with Crippen molar-refractivity contribution < 1.29 is 4.92 Å². The molecule has 6 heteroatoms. The van der Waals surface area contributed by atoms with Crippen LogP contribution in [0.3, 0.4) is 0 Å². The Hall–Kier alpha value is -2.34. The second-order valence-electron chi connectivity index (χ2n) is 3.69. The average molecular weight is 244 g/mol. The fraction of sp³-hybridized carbons (Fsp3) is 0.167. The van der Waals surface area contributed by atoms with Crippen molar-refractivity contribution >= 4 is 5.69 Å². The van der Waals surface area contributed by atoms with Gasteiger partial charge in [0, 0.05) is 30.9 Å². The van der Waals surface area contributed by atoms with E-state index in [1.54, 1.807) is 30.5 Å². The van der Waals surface area contributed by atoms with Gasteiger partial charge in [0.25, 0.3) is 5.69 Å². The zero-order valence-electron chi connectivity index (χ0n) is 9.61. The standard InChI is InChI=1S/C12H12N4O2/c17-16(18)12-4-2-1-3-10(12)7-14-8-11-5-6-13-9-15-11/h1-6,9,14H,7-8H2. The van der Waals surface area contributed by atoms with Crippen LogP contribution in [0.4, 0.5) is 5.69 Å². The van der Waals surface area contributed by atoms with Gasteiger partial charge in [-0.1, -0.05) is 18.2 Å². The molecule has 0 unspecified atom stereocenters. The number of benzene rings is 1. The van der Waals surface area contributed by atoms with Crippen molar-refractivity contribution in [3.63, 3.8) is 0 Å². The SMILES string of the molecule is O=[N+]([O-])c1ccccc1CNCc1ccncn1. The van der Waals surface area contributed by atoms with E-state index < -0.39 is 0 Å². The molecule has 0 atom stereocenters. The first-order valence-corrected chi connectivity index (χ1v) is 5.45. The number of aromatic nitrogens is 2. The van der Waals surface area contributed by atoms with Crippen LogP contribution in [-0.4, -0.2) is 14.9 Å². The Kier molecular flexibility index (Phi) is 3.93. The van der Waals surface area contributed by atoms with Gasteiger partial charge in [-0.15, -0.1) is 0 Å². The van der Waals surface area contributed by atoms with E-state index in [9.17, 15) is 10.1 Å². The first-order valence-electron chi connectivity index (χ1n) is 5.45. The molecule has 0 radical (unpaired) electrons. The molecule has 1 aromatic heterocycles. The van der Waals surface area contributed by atoms with Gasteiger partial charge in [0.1, 0.15) is 6.33 Å². The summed E-state index contributed by atoms with van der Waals surface area (Å²) in [5, 5.41) is 13.9. The Morgan fingerprint density at radius 2 is 2.06 bits per heavy atom. The number of nitro groups is 1. The van der Waals surface area contributed by atoms with E-state index in [4.69, 9.17) is 0 Å². The molecule has 92 valence electrons. The van der Waals surface area contributed by atoms with E-state index in [1.165, 1.54) is 12.4 Å². The zero-order chi connectivity index (χ0) is 12.8.